The van der Waals surface area contributed by atoms with Crippen LogP contribution in [-0.2, 0) is 9.05 Å². The van der Waals surface area contributed by atoms with Crippen LogP contribution in [0.2, 0.25) is 0 Å². The summed E-state index contributed by atoms with van der Waals surface area (Å²) in [6, 6.07) is 0. The molecule has 1 aliphatic rings. The molecule has 0 aromatic heterocycles. The van der Waals surface area contributed by atoms with Crippen molar-refractivity contribution in [2.75, 3.05) is 0 Å². The van der Waals surface area contributed by atoms with Gasteiger partial charge < -0.3 is 9.05 Å². The molecule has 0 aromatic rings. The molecule has 16 heavy (non-hydrogen) atoms. The van der Waals surface area contributed by atoms with Crippen molar-refractivity contribution < 1.29 is 9.05 Å². The number of nitrogens with zero attached hydrogens (tertiary/aromatic N) is 3. The Morgan fingerprint density at radius 1 is 0.812 bits per heavy atom. The maximum atomic E-state index is 5.85. The van der Waals surface area contributed by atoms with E-state index in [9.17, 15) is 0 Å². The van der Waals surface area contributed by atoms with Crippen LogP contribution in [0.4, 0.5) is 0 Å². The molecule has 1 heterocycles. The van der Waals surface area contributed by atoms with Gasteiger partial charge in [0.15, 0.2) is 0 Å². The predicted molar refractivity (Wildman–Crippen MR) is 74.0 cm³/mol. The molecule has 0 bridgehead atoms. The molecule has 0 unspecified atom stereocenters. The number of rotatable bonds is 4. The zero-order valence-corrected chi connectivity index (χ0v) is 13.3. The summed E-state index contributed by atoms with van der Waals surface area (Å²) in [6.45, 7) is 6.74. The molecule has 0 spiro atoms. The first-order valence-electron chi connectivity index (χ1n) is 3.53. The standard InChI is InChI=1S/C4H6Cl4N3O2P3/c1-3-12-16(13-4-2)10-14(5,6)9-15(7,8)11-16/h3-4H,1-2H2. The van der Waals surface area contributed by atoms with Crippen molar-refractivity contribution in [3.05, 3.63) is 25.7 Å². The van der Waals surface area contributed by atoms with E-state index < -0.39 is 19.5 Å². The third-order valence-electron chi connectivity index (χ3n) is 1.08. The van der Waals surface area contributed by atoms with Gasteiger partial charge in [-0.3, -0.25) is 0 Å². The fourth-order valence-corrected chi connectivity index (χ4v) is 14.3. The summed E-state index contributed by atoms with van der Waals surface area (Å²) in [7, 11) is -3.14. The fraction of sp³-hybridized carbons (Fsp3) is 0. The maximum Gasteiger partial charge on any atom is 0.452 e. The molecule has 1 aliphatic heterocycles. The van der Waals surface area contributed by atoms with E-state index in [-0.39, 0.29) is 0 Å². The quantitative estimate of drug-likeness (QED) is 0.395. The average Bonchev–Trinajstić information content (AvgIpc) is 1.97. The summed E-state index contributed by atoms with van der Waals surface area (Å²) in [4.78, 5) is 0. The second-order valence-electron chi connectivity index (χ2n) is 2.21. The molecule has 0 saturated heterocycles. The predicted octanol–water partition coefficient (Wildman–Crippen LogP) is 7.11. The summed E-state index contributed by atoms with van der Waals surface area (Å²) in [5, 5.41) is 0. The minimum absolute atomic E-state index is 1.09. The fourth-order valence-electron chi connectivity index (χ4n) is 0.758. The van der Waals surface area contributed by atoms with Gasteiger partial charge in [-0.05, 0) is 45.0 Å². The Morgan fingerprint density at radius 3 is 1.62 bits per heavy atom. The van der Waals surface area contributed by atoms with Crippen molar-refractivity contribution in [2.24, 2.45) is 13.5 Å². The highest BCUT2D eigenvalue weighted by Crippen LogP contribution is 2.85. The van der Waals surface area contributed by atoms with Crippen LogP contribution in [0.5, 0.6) is 0 Å². The minimum Gasteiger partial charge on any atom is -0.422 e. The summed E-state index contributed by atoms with van der Waals surface area (Å²) in [6.07, 6.45) is 2.19. The third kappa shape index (κ3) is 3.99. The zero-order valence-electron chi connectivity index (χ0n) is 7.58. The Labute approximate surface area is 112 Å². The second kappa shape index (κ2) is 5.28. The molecule has 0 saturated carbocycles. The van der Waals surface area contributed by atoms with Crippen LogP contribution in [0, 0.1) is 0 Å². The number of hydrogen-bond acceptors (Lipinski definition) is 5. The molecular weight excluding hydrogens is 357 g/mol. The van der Waals surface area contributed by atoms with E-state index in [2.05, 4.69) is 26.7 Å². The van der Waals surface area contributed by atoms with E-state index in [0.717, 1.165) is 12.5 Å². The van der Waals surface area contributed by atoms with E-state index in [0.29, 0.717) is 0 Å². The van der Waals surface area contributed by atoms with Crippen LogP contribution in [0.3, 0.4) is 0 Å². The molecule has 1 rings (SSSR count). The molecule has 5 nitrogen and oxygen atoms in total. The molecule has 0 N–H and O–H groups in total. The van der Waals surface area contributed by atoms with Gasteiger partial charge in [0.05, 0.1) is 12.5 Å². The van der Waals surface area contributed by atoms with Gasteiger partial charge in [0.2, 0.25) is 0 Å². The van der Waals surface area contributed by atoms with Crippen molar-refractivity contribution in [2.45, 2.75) is 0 Å². The molecule has 0 fully saturated rings. The lowest BCUT2D eigenvalue weighted by atomic mass is 11.2. The van der Waals surface area contributed by atoms with Gasteiger partial charge in [0.25, 0.3) is 11.8 Å². The lowest BCUT2D eigenvalue weighted by Gasteiger charge is -2.23. The van der Waals surface area contributed by atoms with Gasteiger partial charge in [0.1, 0.15) is 0 Å². The van der Waals surface area contributed by atoms with E-state index in [1.165, 1.54) is 0 Å². The van der Waals surface area contributed by atoms with Gasteiger partial charge in [-0.2, -0.15) is 4.52 Å². The first kappa shape index (κ1) is 15.0. The highest BCUT2D eigenvalue weighted by molar-refractivity contribution is 8.20. The van der Waals surface area contributed by atoms with Crippen LogP contribution in [0.1, 0.15) is 0 Å². The van der Waals surface area contributed by atoms with E-state index in [4.69, 9.17) is 54.0 Å². The van der Waals surface area contributed by atoms with Crippen molar-refractivity contribution >= 4 is 64.4 Å². The largest absolute Gasteiger partial charge is 0.452 e. The SMILES string of the molecule is C=COP1(OC=C)=NP(Cl)(Cl)=NP(Cl)(Cl)=N1. The molecule has 0 atom stereocenters. The Balaban J connectivity index is 3.47. The molecular formula is C4H6Cl4N3O2P3. The van der Waals surface area contributed by atoms with Crippen molar-refractivity contribution in [3.63, 3.8) is 0 Å². The summed E-state index contributed by atoms with van der Waals surface area (Å²) in [5.41, 5.74) is 0. The smallest absolute Gasteiger partial charge is 0.422 e. The van der Waals surface area contributed by atoms with E-state index >= 15 is 0 Å². The summed E-state index contributed by atoms with van der Waals surface area (Å²) in [5.74, 6) is -6.10. The molecule has 0 radical (unpaired) electrons. The van der Waals surface area contributed by atoms with Crippen LogP contribution < -0.4 is 0 Å². The van der Waals surface area contributed by atoms with Crippen LogP contribution in [0.25, 0.3) is 0 Å². The second-order valence-corrected chi connectivity index (χ2v) is 14.3. The van der Waals surface area contributed by atoms with Gasteiger partial charge in [0, 0.05) is 0 Å². The highest BCUT2D eigenvalue weighted by Gasteiger charge is 2.36. The van der Waals surface area contributed by atoms with Gasteiger partial charge >= 0.3 is 7.66 Å². The monoisotopic (exact) mass is 361 g/mol. The van der Waals surface area contributed by atoms with E-state index in [1.807, 2.05) is 0 Å². The number of hydrogen-bond donors (Lipinski definition) is 0. The Morgan fingerprint density at radius 2 is 1.25 bits per heavy atom. The summed E-state index contributed by atoms with van der Waals surface area (Å²) < 4.78 is 21.8. The highest BCUT2D eigenvalue weighted by atomic mass is 35.9. The minimum atomic E-state index is -3.14. The van der Waals surface area contributed by atoms with Crippen LogP contribution in [-0.4, -0.2) is 0 Å². The lowest BCUT2D eigenvalue weighted by Crippen LogP contribution is -1.84. The average molecular weight is 363 g/mol. The normalized spacial score (nSPS) is 24.0. The molecule has 12 heteroatoms. The third-order valence-corrected chi connectivity index (χ3v) is 12.0. The van der Waals surface area contributed by atoms with Gasteiger partial charge in [-0.1, -0.05) is 13.2 Å². The Hall–Kier alpha value is 0.930. The van der Waals surface area contributed by atoms with E-state index in [1.54, 1.807) is 0 Å². The Bertz CT molecular complexity index is 455. The van der Waals surface area contributed by atoms with Crippen molar-refractivity contribution in [3.8, 4) is 0 Å². The first-order valence-corrected chi connectivity index (χ1v) is 12.1. The van der Waals surface area contributed by atoms with Gasteiger partial charge in [-0.25, -0.2) is 0 Å². The zero-order chi connectivity index (χ0) is 12.4. The van der Waals surface area contributed by atoms with Crippen LogP contribution in [0.15, 0.2) is 39.2 Å². The van der Waals surface area contributed by atoms with Crippen molar-refractivity contribution in [1.82, 2.24) is 0 Å². The number of halogens is 4. The molecule has 92 valence electrons. The molecule has 0 aliphatic carbocycles. The van der Waals surface area contributed by atoms with Crippen LogP contribution >= 0.6 is 64.4 Å². The maximum absolute atomic E-state index is 5.85. The van der Waals surface area contributed by atoms with Crippen molar-refractivity contribution in [1.29, 1.82) is 0 Å². The molecule has 0 aromatic carbocycles. The topological polar surface area (TPSA) is 55.5 Å². The Kier molecular flexibility index (Phi) is 4.95. The molecule has 0 amide bonds. The lowest BCUT2D eigenvalue weighted by molar-refractivity contribution is 0.399. The first-order chi connectivity index (χ1) is 7.24. The summed E-state index contributed by atoms with van der Waals surface area (Å²) >= 11 is 23.4. The van der Waals surface area contributed by atoms with Gasteiger partial charge in [-0.15, -0.1) is 9.03 Å².